The third-order valence-electron chi connectivity index (χ3n) is 3.80. The Hall–Kier alpha value is -1.19. The van der Waals surface area contributed by atoms with Crippen LogP contribution in [0.15, 0.2) is 60.7 Å². The van der Waals surface area contributed by atoms with Crippen LogP contribution >= 0.6 is 6.49 Å². The van der Waals surface area contributed by atoms with E-state index in [1.807, 2.05) is 62.4 Å². The largest absolute Gasteiger partial charge is 0.370 e. The van der Waals surface area contributed by atoms with Gasteiger partial charge < -0.3 is 14.4 Å². The van der Waals surface area contributed by atoms with Crippen LogP contribution in [-0.2, 0) is 20.9 Å². The highest BCUT2D eigenvalue weighted by molar-refractivity contribution is 8.10. The van der Waals surface area contributed by atoms with E-state index in [-0.39, 0.29) is 18.0 Å². The molecule has 1 aliphatic heterocycles. The molecule has 0 aromatic heterocycles. The molecule has 0 aliphatic carbocycles. The van der Waals surface area contributed by atoms with Gasteiger partial charge >= 0.3 is 0 Å². The summed E-state index contributed by atoms with van der Waals surface area (Å²) in [5.41, 5.74) is 2.11. The summed E-state index contributed by atoms with van der Waals surface area (Å²) in [6, 6.07) is 20.2. The molecule has 22 heavy (non-hydrogen) atoms. The lowest BCUT2D eigenvalue weighted by atomic mass is 10.2. The maximum absolute atomic E-state index is 6.09. The minimum Gasteiger partial charge on any atom is -0.370 e. The molecule has 0 amide bonds. The standard InChI is InChI=1S/C17H20NO2PS/c1-13-14(2)20-21(22,19-13)17(15-9-5-3-6-10-15)18-16-11-7-4-8-12-16/h3-14,17-18H,1-2H3/t13-,14-,17+/m1/s1. The highest BCUT2D eigenvalue weighted by Crippen LogP contribution is 2.66. The molecule has 0 radical (unpaired) electrons. The number of para-hydroxylation sites is 1. The van der Waals surface area contributed by atoms with Gasteiger partial charge in [0.25, 0.3) is 0 Å². The Labute approximate surface area is 136 Å². The first-order chi connectivity index (χ1) is 10.6. The number of benzene rings is 2. The van der Waals surface area contributed by atoms with Gasteiger partial charge in [-0.2, -0.15) is 0 Å². The second kappa shape index (κ2) is 6.51. The number of nitrogens with one attached hydrogen (secondary N) is 1. The van der Waals surface area contributed by atoms with Crippen molar-refractivity contribution < 1.29 is 9.05 Å². The molecule has 116 valence electrons. The Morgan fingerprint density at radius 2 is 1.41 bits per heavy atom. The van der Waals surface area contributed by atoms with Crippen LogP contribution in [0.2, 0.25) is 0 Å². The van der Waals surface area contributed by atoms with E-state index in [1.165, 1.54) is 0 Å². The van der Waals surface area contributed by atoms with Crippen LogP contribution in [0.5, 0.6) is 0 Å². The van der Waals surface area contributed by atoms with E-state index in [2.05, 4.69) is 17.4 Å². The summed E-state index contributed by atoms with van der Waals surface area (Å²) in [5, 5.41) is 3.51. The van der Waals surface area contributed by atoms with Gasteiger partial charge in [0.2, 0.25) is 6.49 Å². The van der Waals surface area contributed by atoms with Crippen molar-refractivity contribution in [3.05, 3.63) is 66.2 Å². The number of anilines is 1. The lowest BCUT2D eigenvalue weighted by Crippen LogP contribution is -2.13. The van der Waals surface area contributed by atoms with Crippen molar-refractivity contribution in [1.29, 1.82) is 0 Å². The smallest absolute Gasteiger partial charge is 0.216 e. The average molecular weight is 333 g/mol. The number of hydrogen-bond acceptors (Lipinski definition) is 4. The summed E-state index contributed by atoms with van der Waals surface area (Å²) in [4.78, 5) is 0. The van der Waals surface area contributed by atoms with Gasteiger partial charge in [0.05, 0.1) is 12.2 Å². The fraction of sp³-hybridized carbons (Fsp3) is 0.294. The van der Waals surface area contributed by atoms with Crippen molar-refractivity contribution in [2.45, 2.75) is 31.8 Å². The molecule has 1 N–H and O–H groups in total. The van der Waals surface area contributed by atoms with E-state index in [9.17, 15) is 0 Å². The summed E-state index contributed by atoms with van der Waals surface area (Å²) in [6.45, 7) is 1.58. The Balaban J connectivity index is 1.95. The Kier molecular flexibility index (Phi) is 4.65. The van der Waals surface area contributed by atoms with Crippen molar-refractivity contribution in [3.8, 4) is 0 Å². The minimum atomic E-state index is -2.46. The second-order valence-electron chi connectivity index (χ2n) is 5.48. The molecule has 0 spiro atoms. The lowest BCUT2D eigenvalue weighted by Gasteiger charge is -2.28. The van der Waals surface area contributed by atoms with E-state index >= 15 is 0 Å². The summed E-state index contributed by atoms with van der Waals surface area (Å²) >= 11 is 5.83. The summed E-state index contributed by atoms with van der Waals surface area (Å²) < 4.78 is 12.2. The molecule has 5 heteroatoms. The van der Waals surface area contributed by atoms with Gasteiger partial charge in [-0.15, -0.1) is 0 Å². The van der Waals surface area contributed by atoms with Crippen molar-refractivity contribution in [1.82, 2.24) is 0 Å². The van der Waals surface area contributed by atoms with Crippen LogP contribution in [0.25, 0.3) is 0 Å². The summed E-state index contributed by atoms with van der Waals surface area (Å²) in [6.07, 6.45) is 0.0456. The van der Waals surface area contributed by atoms with Gasteiger partial charge in [0, 0.05) is 5.69 Å². The molecule has 0 bridgehead atoms. The predicted molar refractivity (Wildman–Crippen MR) is 94.6 cm³/mol. The molecule has 3 rings (SSSR count). The van der Waals surface area contributed by atoms with E-state index < -0.39 is 6.49 Å². The van der Waals surface area contributed by atoms with E-state index in [0.29, 0.717) is 0 Å². The SMILES string of the molecule is C[C@H]1OP(=S)([C@H](Nc2ccccc2)c2ccccc2)O[C@@H]1C. The summed E-state index contributed by atoms with van der Waals surface area (Å²) in [5.74, 6) is -0.154. The topological polar surface area (TPSA) is 30.5 Å². The normalized spacial score (nSPS) is 24.8. The lowest BCUT2D eigenvalue weighted by molar-refractivity contribution is 0.187. The van der Waals surface area contributed by atoms with Gasteiger partial charge in [-0.1, -0.05) is 48.5 Å². The first-order valence-electron chi connectivity index (χ1n) is 7.41. The van der Waals surface area contributed by atoms with Crippen LogP contribution in [0, 0.1) is 0 Å². The fourth-order valence-corrected chi connectivity index (χ4v) is 6.20. The molecule has 1 aliphatic rings. The minimum absolute atomic E-state index is 0.0228. The molecular formula is C17H20NO2PS. The highest BCUT2D eigenvalue weighted by atomic mass is 32.5. The third-order valence-corrected chi connectivity index (χ3v) is 7.26. The molecule has 2 aromatic carbocycles. The Bertz CT molecular complexity index is 651. The zero-order chi connectivity index (χ0) is 15.6. The van der Waals surface area contributed by atoms with Gasteiger partial charge in [-0.05, 0) is 43.4 Å². The maximum Gasteiger partial charge on any atom is 0.216 e. The van der Waals surface area contributed by atoms with Crippen LogP contribution in [0.3, 0.4) is 0 Å². The zero-order valence-electron chi connectivity index (χ0n) is 12.7. The number of rotatable bonds is 4. The van der Waals surface area contributed by atoms with Crippen LogP contribution in [0.1, 0.15) is 25.2 Å². The molecular weight excluding hydrogens is 313 g/mol. The second-order valence-corrected chi connectivity index (χ2v) is 9.03. The van der Waals surface area contributed by atoms with Gasteiger partial charge in [0.1, 0.15) is 5.78 Å². The van der Waals surface area contributed by atoms with E-state index in [1.54, 1.807) is 0 Å². The first-order valence-corrected chi connectivity index (χ1v) is 10.1. The average Bonchev–Trinajstić information content (AvgIpc) is 2.80. The van der Waals surface area contributed by atoms with Crippen LogP contribution in [-0.4, -0.2) is 12.2 Å². The van der Waals surface area contributed by atoms with Gasteiger partial charge in [0.15, 0.2) is 0 Å². The maximum atomic E-state index is 6.09. The quantitative estimate of drug-likeness (QED) is 0.804. The van der Waals surface area contributed by atoms with Crippen LogP contribution < -0.4 is 5.32 Å². The van der Waals surface area contributed by atoms with E-state index in [4.69, 9.17) is 20.9 Å². The third kappa shape index (κ3) is 3.26. The molecule has 3 nitrogen and oxygen atoms in total. The molecule has 0 saturated carbocycles. The van der Waals surface area contributed by atoms with Gasteiger partial charge in [-0.25, -0.2) is 0 Å². The van der Waals surface area contributed by atoms with Crippen molar-refractivity contribution in [2.75, 3.05) is 5.32 Å². The zero-order valence-corrected chi connectivity index (χ0v) is 14.4. The molecule has 1 heterocycles. The van der Waals surface area contributed by atoms with Crippen molar-refractivity contribution in [3.63, 3.8) is 0 Å². The molecule has 1 fully saturated rings. The van der Waals surface area contributed by atoms with Crippen molar-refractivity contribution >= 4 is 24.0 Å². The van der Waals surface area contributed by atoms with Crippen LogP contribution in [0.4, 0.5) is 5.69 Å². The van der Waals surface area contributed by atoms with Crippen molar-refractivity contribution in [2.24, 2.45) is 0 Å². The predicted octanol–water partition coefficient (Wildman–Crippen LogP) is 4.93. The number of hydrogen-bond donors (Lipinski definition) is 1. The summed E-state index contributed by atoms with van der Waals surface area (Å²) in [7, 11) is 0. The Morgan fingerprint density at radius 1 is 0.909 bits per heavy atom. The van der Waals surface area contributed by atoms with E-state index in [0.717, 1.165) is 11.3 Å². The van der Waals surface area contributed by atoms with Gasteiger partial charge in [-0.3, -0.25) is 0 Å². The molecule has 3 atom stereocenters. The Morgan fingerprint density at radius 3 is 1.95 bits per heavy atom. The molecule has 0 unspecified atom stereocenters. The monoisotopic (exact) mass is 333 g/mol. The fourth-order valence-electron chi connectivity index (χ4n) is 2.45. The molecule has 2 aromatic rings. The highest BCUT2D eigenvalue weighted by Gasteiger charge is 2.42. The molecule has 1 saturated heterocycles. The first kappa shape index (κ1) is 15.7.